The third kappa shape index (κ3) is 4.37. The number of pyridine rings is 1. The van der Waals surface area contributed by atoms with Crippen molar-refractivity contribution in [2.24, 2.45) is 5.92 Å². The molecule has 7 nitrogen and oxygen atoms in total. The molecule has 0 spiro atoms. The molecule has 5 heterocycles. The third-order valence-electron chi connectivity index (χ3n) is 8.02. The van der Waals surface area contributed by atoms with Gasteiger partial charge in [-0.2, -0.15) is 0 Å². The summed E-state index contributed by atoms with van der Waals surface area (Å²) in [5.41, 5.74) is 2.95. The van der Waals surface area contributed by atoms with Crippen molar-refractivity contribution < 1.29 is 4.79 Å². The van der Waals surface area contributed by atoms with Gasteiger partial charge in [0.1, 0.15) is 4.88 Å². The number of nitrogens with one attached hydrogen (secondary N) is 1. The maximum Gasteiger partial charge on any atom is 0.263 e. The molecule has 1 amide bonds. The lowest BCUT2D eigenvalue weighted by molar-refractivity contribution is 0.0946. The van der Waals surface area contributed by atoms with Crippen molar-refractivity contribution in [1.82, 2.24) is 19.8 Å². The van der Waals surface area contributed by atoms with E-state index in [0.717, 1.165) is 67.6 Å². The Balaban J connectivity index is 1.27. The van der Waals surface area contributed by atoms with Crippen LogP contribution >= 0.6 is 11.3 Å². The number of benzene rings is 1. The lowest BCUT2D eigenvalue weighted by Gasteiger charge is -2.42. The first-order chi connectivity index (χ1) is 17.6. The molecule has 36 heavy (non-hydrogen) atoms. The Labute approximate surface area is 215 Å². The summed E-state index contributed by atoms with van der Waals surface area (Å²) in [4.78, 5) is 36.4. The van der Waals surface area contributed by atoms with E-state index in [4.69, 9.17) is 4.98 Å². The van der Waals surface area contributed by atoms with Gasteiger partial charge in [0.05, 0.1) is 5.69 Å². The topological polar surface area (TPSA) is 70.5 Å². The van der Waals surface area contributed by atoms with E-state index in [9.17, 15) is 9.59 Å². The fraction of sp³-hybridized carbons (Fsp3) is 0.464. The number of carbonyl (C=O) groups excluding carboxylic acids is 1. The van der Waals surface area contributed by atoms with Crippen molar-refractivity contribution in [1.29, 1.82) is 0 Å². The van der Waals surface area contributed by atoms with Crippen LogP contribution in [0.25, 0.3) is 11.3 Å². The minimum atomic E-state index is -0.0327. The van der Waals surface area contributed by atoms with Gasteiger partial charge >= 0.3 is 0 Å². The van der Waals surface area contributed by atoms with Crippen molar-refractivity contribution >= 4 is 22.4 Å². The highest BCUT2D eigenvalue weighted by Gasteiger charge is 2.36. The molecule has 188 valence electrons. The molecule has 2 bridgehead atoms. The number of likely N-dealkylation sites (tertiary alicyclic amines) is 1. The van der Waals surface area contributed by atoms with Gasteiger partial charge in [0, 0.05) is 55.5 Å². The molecule has 1 aromatic carbocycles. The number of nitrogens with zero attached hydrogens (tertiary/aromatic N) is 4. The van der Waals surface area contributed by atoms with E-state index in [1.54, 1.807) is 6.07 Å². The van der Waals surface area contributed by atoms with Crippen molar-refractivity contribution in [2.45, 2.75) is 44.7 Å². The molecule has 0 aliphatic carbocycles. The van der Waals surface area contributed by atoms with E-state index in [1.807, 2.05) is 41.0 Å². The highest BCUT2D eigenvalue weighted by atomic mass is 32.1. The van der Waals surface area contributed by atoms with Crippen LogP contribution in [0.4, 0.5) is 5.13 Å². The number of anilines is 1. The van der Waals surface area contributed by atoms with Crippen LogP contribution in [0.3, 0.4) is 0 Å². The van der Waals surface area contributed by atoms with Crippen LogP contribution in [-0.4, -0.2) is 59.1 Å². The van der Waals surface area contributed by atoms with Crippen molar-refractivity contribution in [2.75, 3.05) is 37.6 Å². The van der Waals surface area contributed by atoms with E-state index >= 15 is 0 Å². The summed E-state index contributed by atoms with van der Waals surface area (Å²) in [6.07, 6.45) is 3.43. The van der Waals surface area contributed by atoms with E-state index < -0.39 is 0 Å². The quantitative estimate of drug-likeness (QED) is 0.554. The Morgan fingerprint density at radius 1 is 1.11 bits per heavy atom. The Morgan fingerprint density at radius 3 is 2.81 bits per heavy atom. The predicted octanol–water partition coefficient (Wildman–Crippen LogP) is 3.81. The average molecular weight is 504 g/mol. The van der Waals surface area contributed by atoms with E-state index in [0.29, 0.717) is 29.3 Å². The lowest BCUT2D eigenvalue weighted by atomic mass is 9.83. The Morgan fingerprint density at radius 2 is 1.97 bits per heavy atom. The number of aromatic nitrogens is 2. The molecule has 0 unspecified atom stereocenters. The van der Waals surface area contributed by atoms with Crippen molar-refractivity contribution in [3.05, 3.63) is 69.5 Å². The number of amides is 1. The highest BCUT2D eigenvalue weighted by Crippen LogP contribution is 2.40. The van der Waals surface area contributed by atoms with Gasteiger partial charge in [-0.15, -0.1) is 0 Å². The highest BCUT2D eigenvalue weighted by molar-refractivity contribution is 7.18. The number of piperidine rings is 1. The number of thiazole rings is 1. The normalized spacial score (nSPS) is 23.5. The second-order valence-electron chi connectivity index (χ2n) is 10.3. The molecule has 1 N–H and O–H groups in total. The van der Waals surface area contributed by atoms with Gasteiger partial charge in [-0.1, -0.05) is 54.7 Å². The van der Waals surface area contributed by atoms with Crippen LogP contribution < -0.4 is 15.8 Å². The lowest BCUT2D eigenvalue weighted by Crippen LogP contribution is -2.47. The first kappa shape index (κ1) is 23.4. The average Bonchev–Trinajstić information content (AvgIpc) is 3.56. The number of hydrogen-bond acceptors (Lipinski definition) is 6. The smallest absolute Gasteiger partial charge is 0.263 e. The SMILES string of the molecule is CCN1CCC[C@@H]1CNC(=O)c1sc(N2C[C@H]3C[C@@H](C2)c2cccc(=O)n2C3)nc1-c1ccccc1. The van der Waals surface area contributed by atoms with Gasteiger partial charge in [-0.3, -0.25) is 14.5 Å². The standard InChI is InChI=1S/C28H33N5O2S/c1-2-31-13-7-10-22(31)15-29-27(35)26-25(20-8-4-3-5-9-20)30-28(36-26)32-16-19-14-21(18-32)23-11-6-12-24(34)33(23)17-19/h3-6,8-9,11-12,19,21-22H,2,7,10,13-18H2,1H3,(H,29,35)/t19-,21+,22-/m1/s1. The maximum absolute atomic E-state index is 13.5. The van der Waals surface area contributed by atoms with E-state index in [-0.39, 0.29) is 11.5 Å². The molecule has 0 radical (unpaired) electrons. The first-order valence-corrected chi connectivity index (χ1v) is 14.0. The number of carbonyl (C=O) groups is 1. The summed E-state index contributed by atoms with van der Waals surface area (Å²) in [6, 6.07) is 16.1. The second kappa shape index (κ2) is 9.82. The number of hydrogen-bond donors (Lipinski definition) is 1. The van der Waals surface area contributed by atoms with Crippen molar-refractivity contribution in [3.63, 3.8) is 0 Å². The monoisotopic (exact) mass is 503 g/mol. The van der Waals surface area contributed by atoms with Gasteiger partial charge in [0.2, 0.25) is 0 Å². The predicted molar refractivity (Wildman–Crippen MR) is 144 cm³/mol. The maximum atomic E-state index is 13.5. The number of fused-ring (bicyclic) bond motifs is 4. The van der Waals surface area contributed by atoms with Crippen LogP contribution in [0, 0.1) is 5.92 Å². The Kier molecular flexibility index (Phi) is 6.39. The van der Waals surface area contributed by atoms with Gasteiger partial charge in [0.15, 0.2) is 5.13 Å². The molecule has 8 heteroatoms. The van der Waals surface area contributed by atoms with Crippen LogP contribution in [0.2, 0.25) is 0 Å². The molecule has 3 aliphatic heterocycles. The summed E-state index contributed by atoms with van der Waals surface area (Å²) < 4.78 is 1.95. The minimum Gasteiger partial charge on any atom is -0.350 e. The molecule has 0 saturated carbocycles. The van der Waals surface area contributed by atoms with Crippen LogP contribution in [-0.2, 0) is 6.54 Å². The van der Waals surface area contributed by atoms with E-state index in [2.05, 4.69) is 28.1 Å². The summed E-state index contributed by atoms with van der Waals surface area (Å²) >= 11 is 1.50. The zero-order valence-corrected chi connectivity index (χ0v) is 21.5. The molecule has 2 fully saturated rings. The van der Waals surface area contributed by atoms with Crippen LogP contribution in [0.5, 0.6) is 0 Å². The molecular weight excluding hydrogens is 470 g/mol. The van der Waals surface area contributed by atoms with Crippen LogP contribution in [0.1, 0.15) is 47.5 Å². The fourth-order valence-corrected chi connectivity index (χ4v) is 7.30. The zero-order chi connectivity index (χ0) is 24.6. The largest absolute Gasteiger partial charge is 0.350 e. The zero-order valence-electron chi connectivity index (χ0n) is 20.7. The third-order valence-corrected chi connectivity index (χ3v) is 9.14. The summed E-state index contributed by atoms with van der Waals surface area (Å²) in [5.74, 6) is 0.671. The molecule has 3 aromatic rings. The summed E-state index contributed by atoms with van der Waals surface area (Å²) in [6.45, 7) is 7.42. The Hall–Kier alpha value is -2.97. The summed E-state index contributed by atoms with van der Waals surface area (Å²) in [5, 5.41) is 4.12. The molecular formula is C28H33N5O2S. The Bertz CT molecular complexity index is 1300. The fourth-order valence-electron chi connectivity index (χ4n) is 6.28. The minimum absolute atomic E-state index is 0.0327. The van der Waals surface area contributed by atoms with Gasteiger partial charge in [-0.25, -0.2) is 4.98 Å². The number of likely N-dealkylation sites (N-methyl/N-ethyl adjacent to an activating group) is 1. The van der Waals surface area contributed by atoms with Gasteiger partial charge in [0.25, 0.3) is 11.5 Å². The number of rotatable bonds is 6. The van der Waals surface area contributed by atoms with Crippen molar-refractivity contribution in [3.8, 4) is 11.3 Å². The van der Waals surface area contributed by atoms with Crippen LogP contribution in [0.15, 0.2) is 53.3 Å². The first-order valence-electron chi connectivity index (χ1n) is 13.1. The summed E-state index contributed by atoms with van der Waals surface area (Å²) in [7, 11) is 0. The van der Waals surface area contributed by atoms with Gasteiger partial charge < -0.3 is 14.8 Å². The van der Waals surface area contributed by atoms with Gasteiger partial charge in [-0.05, 0) is 44.3 Å². The molecule has 6 rings (SSSR count). The molecule has 2 aromatic heterocycles. The molecule has 3 aliphatic rings. The van der Waals surface area contributed by atoms with E-state index in [1.165, 1.54) is 17.8 Å². The molecule has 3 atom stereocenters. The molecule has 2 saturated heterocycles. The second-order valence-corrected chi connectivity index (χ2v) is 11.3.